The maximum absolute atomic E-state index is 13.1. The van der Waals surface area contributed by atoms with Gasteiger partial charge in [0.25, 0.3) is 5.91 Å². The molecular weight excluding hydrogens is 357 g/mol. The van der Waals surface area contributed by atoms with Crippen molar-refractivity contribution < 1.29 is 27.4 Å². The number of rotatable bonds is 6. The van der Waals surface area contributed by atoms with Crippen molar-refractivity contribution >= 4 is 17.2 Å². The van der Waals surface area contributed by atoms with Crippen LogP contribution >= 0.6 is 11.3 Å². The molecule has 0 aliphatic heterocycles. The van der Waals surface area contributed by atoms with Gasteiger partial charge < -0.3 is 14.0 Å². The molecule has 0 fully saturated rings. The molecular formula is C16H17F3N2O3S. The van der Waals surface area contributed by atoms with Crippen LogP contribution in [0.4, 0.5) is 13.2 Å². The summed E-state index contributed by atoms with van der Waals surface area (Å²) < 4.78 is 50.5. The summed E-state index contributed by atoms with van der Waals surface area (Å²) in [6.07, 6.45) is -4.54. The molecule has 1 aromatic carbocycles. The quantitative estimate of drug-likeness (QED) is 0.779. The molecule has 2 aromatic rings. The van der Waals surface area contributed by atoms with Crippen LogP contribution in [0.25, 0.3) is 0 Å². The van der Waals surface area contributed by atoms with Crippen molar-refractivity contribution in [3.05, 3.63) is 45.7 Å². The predicted octanol–water partition coefficient (Wildman–Crippen LogP) is 3.35. The average Bonchev–Trinajstić information content (AvgIpc) is 2.96. The highest BCUT2D eigenvalue weighted by Crippen LogP contribution is 2.29. The zero-order chi connectivity index (χ0) is 18.4. The molecule has 136 valence electrons. The fourth-order valence-electron chi connectivity index (χ4n) is 2.12. The summed E-state index contributed by atoms with van der Waals surface area (Å²) >= 11 is 0.755. The number of methoxy groups -OCH3 is 1. The summed E-state index contributed by atoms with van der Waals surface area (Å²) in [6, 6.07) is 6.47. The molecule has 0 saturated carbocycles. The van der Waals surface area contributed by atoms with Gasteiger partial charge in [-0.05, 0) is 19.1 Å². The minimum atomic E-state index is -4.54. The predicted molar refractivity (Wildman–Crippen MR) is 86.7 cm³/mol. The lowest BCUT2D eigenvalue weighted by molar-refractivity contribution is -0.143. The Hall–Kier alpha value is -2.13. The molecule has 25 heavy (non-hydrogen) atoms. The number of hydrogen-bond donors (Lipinski definition) is 0. The first-order chi connectivity index (χ1) is 11.9. The van der Waals surface area contributed by atoms with E-state index in [-0.39, 0.29) is 23.5 Å². The monoisotopic (exact) mass is 374 g/mol. The number of thiazole rings is 1. The third kappa shape index (κ3) is 4.70. The summed E-state index contributed by atoms with van der Waals surface area (Å²) in [5, 5.41) is 0.941. The van der Waals surface area contributed by atoms with Crippen LogP contribution in [0, 0.1) is 0 Å². The second kappa shape index (κ2) is 8.30. The normalized spacial score (nSPS) is 12.4. The number of benzene rings is 1. The zero-order valence-corrected chi connectivity index (χ0v) is 14.5. The van der Waals surface area contributed by atoms with Gasteiger partial charge in [0, 0.05) is 19.0 Å². The lowest BCUT2D eigenvalue weighted by Gasteiger charge is -2.11. The van der Waals surface area contributed by atoms with Crippen molar-refractivity contribution in [3.63, 3.8) is 0 Å². The minimum Gasteiger partial charge on any atom is -0.493 e. The van der Waals surface area contributed by atoms with Crippen LogP contribution in [-0.4, -0.2) is 30.8 Å². The van der Waals surface area contributed by atoms with Crippen LogP contribution in [0.1, 0.15) is 23.0 Å². The SMILES string of the molecule is CCOc1ccccc1C(=O)N=c1scc(C(F)(F)F)n1CCOC. The molecule has 0 aliphatic rings. The maximum Gasteiger partial charge on any atom is 0.432 e. The average molecular weight is 374 g/mol. The highest BCUT2D eigenvalue weighted by Gasteiger charge is 2.35. The Morgan fingerprint density at radius 3 is 2.68 bits per heavy atom. The van der Waals surface area contributed by atoms with E-state index < -0.39 is 17.8 Å². The zero-order valence-electron chi connectivity index (χ0n) is 13.7. The Morgan fingerprint density at radius 2 is 2.04 bits per heavy atom. The first kappa shape index (κ1) is 19.2. The molecule has 9 heteroatoms. The van der Waals surface area contributed by atoms with Gasteiger partial charge in [-0.3, -0.25) is 4.79 Å². The molecule has 0 saturated heterocycles. The number of aromatic nitrogens is 1. The van der Waals surface area contributed by atoms with Crippen LogP contribution in [0.15, 0.2) is 34.6 Å². The number of ether oxygens (including phenoxy) is 2. The van der Waals surface area contributed by atoms with Crippen LogP contribution < -0.4 is 9.54 Å². The third-order valence-electron chi connectivity index (χ3n) is 3.22. The molecule has 1 heterocycles. The Labute approximate surface area is 146 Å². The van der Waals surface area contributed by atoms with Gasteiger partial charge in [0.2, 0.25) is 0 Å². The van der Waals surface area contributed by atoms with E-state index in [0.717, 1.165) is 21.3 Å². The highest BCUT2D eigenvalue weighted by molar-refractivity contribution is 7.07. The minimum absolute atomic E-state index is 0.0410. The van der Waals surface area contributed by atoms with Gasteiger partial charge in [-0.1, -0.05) is 12.1 Å². The Bertz CT molecular complexity index is 796. The fraction of sp³-hybridized carbons (Fsp3) is 0.375. The van der Waals surface area contributed by atoms with Gasteiger partial charge in [-0.15, -0.1) is 11.3 Å². The molecule has 0 aliphatic carbocycles. The first-order valence-electron chi connectivity index (χ1n) is 7.43. The van der Waals surface area contributed by atoms with Gasteiger partial charge in [0.15, 0.2) is 4.80 Å². The van der Waals surface area contributed by atoms with Gasteiger partial charge in [0.05, 0.1) is 18.8 Å². The molecule has 0 bridgehead atoms. The number of amides is 1. The lowest BCUT2D eigenvalue weighted by Crippen LogP contribution is -2.25. The summed E-state index contributed by atoms with van der Waals surface area (Å²) in [4.78, 5) is 16.3. The molecule has 0 atom stereocenters. The number of para-hydroxylation sites is 1. The van der Waals surface area contributed by atoms with Crippen molar-refractivity contribution in [2.24, 2.45) is 4.99 Å². The largest absolute Gasteiger partial charge is 0.493 e. The summed E-state index contributed by atoms with van der Waals surface area (Å²) in [5.74, 6) is -0.319. The van der Waals surface area contributed by atoms with E-state index >= 15 is 0 Å². The molecule has 0 radical (unpaired) electrons. The Kier molecular flexibility index (Phi) is 6.38. The maximum atomic E-state index is 13.1. The molecule has 0 N–H and O–H groups in total. The summed E-state index contributed by atoms with van der Waals surface area (Å²) in [6.45, 7) is 2.13. The number of halogens is 3. The van der Waals surface area contributed by atoms with Crippen LogP contribution in [-0.2, 0) is 17.5 Å². The standard InChI is InChI=1S/C16H17F3N2O3S/c1-3-24-12-7-5-4-6-11(12)14(22)20-15-21(8-9-23-2)13(10-25-15)16(17,18)19/h4-7,10H,3,8-9H2,1-2H3. The molecule has 5 nitrogen and oxygen atoms in total. The van der Waals surface area contributed by atoms with E-state index in [1.54, 1.807) is 25.1 Å². The molecule has 1 aromatic heterocycles. The smallest absolute Gasteiger partial charge is 0.432 e. The van der Waals surface area contributed by atoms with Gasteiger partial charge in [-0.25, -0.2) is 0 Å². The van der Waals surface area contributed by atoms with Crippen LogP contribution in [0.2, 0.25) is 0 Å². The van der Waals surface area contributed by atoms with Crippen molar-refractivity contribution in [2.45, 2.75) is 19.6 Å². The third-order valence-corrected chi connectivity index (χ3v) is 4.09. The van der Waals surface area contributed by atoms with Crippen molar-refractivity contribution in [3.8, 4) is 5.75 Å². The van der Waals surface area contributed by atoms with Crippen molar-refractivity contribution in [1.82, 2.24) is 4.57 Å². The first-order valence-corrected chi connectivity index (χ1v) is 8.31. The van der Waals surface area contributed by atoms with E-state index in [0.29, 0.717) is 12.4 Å². The van der Waals surface area contributed by atoms with E-state index in [2.05, 4.69) is 4.99 Å². The summed E-state index contributed by atoms with van der Waals surface area (Å²) in [7, 11) is 1.39. The fourth-order valence-corrected chi connectivity index (χ4v) is 3.05. The Morgan fingerprint density at radius 1 is 1.32 bits per heavy atom. The highest BCUT2D eigenvalue weighted by atomic mass is 32.1. The molecule has 2 rings (SSSR count). The second-order valence-corrected chi connectivity index (χ2v) is 5.73. The number of alkyl halides is 3. The van der Waals surface area contributed by atoms with Gasteiger partial charge in [-0.2, -0.15) is 18.2 Å². The van der Waals surface area contributed by atoms with Crippen LogP contribution in [0.5, 0.6) is 5.75 Å². The van der Waals surface area contributed by atoms with E-state index in [4.69, 9.17) is 9.47 Å². The number of carbonyl (C=O) groups excluding carboxylic acids is 1. The summed E-state index contributed by atoms with van der Waals surface area (Å²) in [5.41, 5.74) is -0.663. The van der Waals surface area contributed by atoms with Gasteiger partial charge >= 0.3 is 6.18 Å². The Balaban J connectivity index is 2.47. The van der Waals surface area contributed by atoms with Crippen molar-refractivity contribution in [2.75, 3.05) is 20.3 Å². The lowest BCUT2D eigenvalue weighted by atomic mass is 10.2. The number of nitrogens with zero attached hydrogens (tertiary/aromatic N) is 2. The molecule has 1 amide bonds. The van der Waals surface area contributed by atoms with Crippen LogP contribution in [0.3, 0.4) is 0 Å². The number of carbonyl (C=O) groups is 1. The van der Waals surface area contributed by atoms with Gasteiger partial charge in [0.1, 0.15) is 11.4 Å². The van der Waals surface area contributed by atoms with E-state index in [9.17, 15) is 18.0 Å². The van der Waals surface area contributed by atoms with Crippen molar-refractivity contribution in [1.29, 1.82) is 0 Å². The molecule has 0 spiro atoms. The van der Waals surface area contributed by atoms with E-state index in [1.807, 2.05) is 0 Å². The molecule has 0 unspecified atom stereocenters. The topological polar surface area (TPSA) is 52.8 Å². The number of hydrogen-bond acceptors (Lipinski definition) is 4. The van der Waals surface area contributed by atoms with E-state index in [1.165, 1.54) is 13.2 Å². The second-order valence-electron chi connectivity index (χ2n) is 4.89.